The molecule has 6 heteroatoms. The highest BCUT2D eigenvalue weighted by Crippen LogP contribution is 2.18. The predicted octanol–water partition coefficient (Wildman–Crippen LogP) is 2.31. The molecule has 2 N–H and O–H groups in total. The zero-order valence-electron chi connectivity index (χ0n) is 16.9. The van der Waals surface area contributed by atoms with Crippen LogP contribution in [0.5, 0.6) is 0 Å². The maximum Gasteiger partial charge on any atom is 0.191 e. The molecule has 0 spiro atoms. The van der Waals surface area contributed by atoms with Gasteiger partial charge in [-0.25, -0.2) is 4.68 Å². The van der Waals surface area contributed by atoms with Crippen molar-refractivity contribution in [2.24, 2.45) is 10.9 Å². The number of guanidine groups is 1. The second-order valence-electron chi connectivity index (χ2n) is 7.65. The molecule has 6 nitrogen and oxygen atoms in total. The van der Waals surface area contributed by atoms with Crippen LogP contribution in [-0.2, 0) is 6.42 Å². The van der Waals surface area contributed by atoms with Crippen molar-refractivity contribution in [2.75, 3.05) is 26.7 Å². The highest BCUT2D eigenvalue weighted by molar-refractivity contribution is 5.80. The number of nitrogens with one attached hydrogen (secondary N) is 2. The number of aliphatic imine (C=N–C) groups is 1. The molecule has 0 radical (unpaired) electrons. The Kier molecular flexibility index (Phi) is 6.50. The minimum Gasteiger partial charge on any atom is -0.356 e. The number of aromatic nitrogens is 2. The van der Waals surface area contributed by atoms with E-state index in [1.54, 1.807) is 0 Å². The number of likely N-dealkylation sites (tertiary alicyclic amines) is 1. The van der Waals surface area contributed by atoms with E-state index in [4.69, 9.17) is 0 Å². The number of rotatable bonds is 6. The van der Waals surface area contributed by atoms with Crippen molar-refractivity contribution in [2.45, 2.75) is 39.3 Å². The predicted molar refractivity (Wildman–Crippen MR) is 111 cm³/mol. The van der Waals surface area contributed by atoms with Crippen molar-refractivity contribution >= 4 is 5.96 Å². The van der Waals surface area contributed by atoms with Crippen LogP contribution in [0, 0.1) is 5.92 Å². The summed E-state index contributed by atoms with van der Waals surface area (Å²) >= 11 is 0. The molecule has 0 amide bonds. The van der Waals surface area contributed by atoms with Gasteiger partial charge in [-0.2, -0.15) is 5.10 Å². The molecular weight excluding hydrogens is 336 g/mol. The van der Waals surface area contributed by atoms with Gasteiger partial charge in [-0.15, -0.1) is 0 Å². The molecular formula is C21H32N6. The van der Waals surface area contributed by atoms with Crippen molar-refractivity contribution < 1.29 is 0 Å². The lowest BCUT2D eigenvalue weighted by Gasteiger charge is -2.21. The standard InChI is InChI=1S/C21H32N6/c1-16(2)26-13-17(3)20(15-26)25-21(22-4)23-11-10-18-12-24-27(14-18)19-8-6-5-7-9-19/h5-9,12,14,16-17,20H,10-11,13,15H2,1-4H3,(H2,22,23,25). The Hall–Kier alpha value is -2.34. The van der Waals surface area contributed by atoms with E-state index in [1.807, 2.05) is 36.1 Å². The van der Waals surface area contributed by atoms with Gasteiger partial charge in [-0.05, 0) is 43.9 Å². The fourth-order valence-corrected chi connectivity index (χ4v) is 3.52. The second-order valence-corrected chi connectivity index (χ2v) is 7.65. The third-order valence-electron chi connectivity index (χ3n) is 5.28. The van der Waals surface area contributed by atoms with Crippen LogP contribution >= 0.6 is 0 Å². The number of benzene rings is 1. The second kappa shape index (κ2) is 9.04. The average molecular weight is 369 g/mol. The topological polar surface area (TPSA) is 57.5 Å². The third-order valence-corrected chi connectivity index (χ3v) is 5.28. The van der Waals surface area contributed by atoms with E-state index in [0.717, 1.165) is 37.7 Å². The first-order valence-corrected chi connectivity index (χ1v) is 9.87. The molecule has 1 aromatic heterocycles. The Bertz CT molecular complexity index is 736. The Morgan fingerprint density at radius 2 is 2.04 bits per heavy atom. The van der Waals surface area contributed by atoms with Crippen molar-refractivity contribution in [3.63, 3.8) is 0 Å². The van der Waals surface area contributed by atoms with Crippen LogP contribution in [-0.4, -0.2) is 59.4 Å². The Balaban J connectivity index is 1.47. The van der Waals surface area contributed by atoms with Gasteiger partial charge in [0.15, 0.2) is 5.96 Å². The molecule has 1 aliphatic rings. The summed E-state index contributed by atoms with van der Waals surface area (Å²) in [5, 5.41) is 11.5. The third kappa shape index (κ3) is 5.10. The summed E-state index contributed by atoms with van der Waals surface area (Å²) < 4.78 is 1.92. The summed E-state index contributed by atoms with van der Waals surface area (Å²) in [7, 11) is 1.84. The quantitative estimate of drug-likeness (QED) is 0.607. The van der Waals surface area contributed by atoms with Gasteiger partial charge in [0.1, 0.15) is 0 Å². The Morgan fingerprint density at radius 3 is 2.70 bits per heavy atom. The van der Waals surface area contributed by atoms with Gasteiger partial charge >= 0.3 is 0 Å². The average Bonchev–Trinajstić information content (AvgIpc) is 3.29. The Morgan fingerprint density at radius 1 is 1.26 bits per heavy atom. The molecule has 146 valence electrons. The number of para-hydroxylation sites is 1. The maximum atomic E-state index is 4.46. The van der Waals surface area contributed by atoms with Gasteiger partial charge in [0.25, 0.3) is 0 Å². The van der Waals surface area contributed by atoms with E-state index in [1.165, 1.54) is 5.56 Å². The van der Waals surface area contributed by atoms with Gasteiger partial charge in [0, 0.05) is 45.0 Å². The van der Waals surface area contributed by atoms with Crippen molar-refractivity contribution in [1.29, 1.82) is 0 Å². The summed E-state index contributed by atoms with van der Waals surface area (Å²) in [6, 6.07) is 11.2. The molecule has 2 atom stereocenters. The van der Waals surface area contributed by atoms with Gasteiger partial charge < -0.3 is 10.6 Å². The molecule has 2 unspecified atom stereocenters. The molecule has 3 rings (SSSR count). The zero-order chi connectivity index (χ0) is 19.2. The lowest BCUT2D eigenvalue weighted by Crippen LogP contribution is -2.47. The molecule has 2 aromatic rings. The monoisotopic (exact) mass is 368 g/mol. The smallest absolute Gasteiger partial charge is 0.191 e. The Labute approximate surface area is 162 Å². The van der Waals surface area contributed by atoms with Gasteiger partial charge in [-0.3, -0.25) is 9.89 Å². The van der Waals surface area contributed by atoms with E-state index in [9.17, 15) is 0 Å². The first-order chi connectivity index (χ1) is 13.1. The maximum absolute atomic E-state index is 4.46. The van der Waals surface area contributed by atoms with Gasteiger partial charge in [0.05, 0.1) is 11.9 Å². The highest BCUT2D eigenvalue weighted by atomic mass is 15.3. The largest absolute Gasteiger partial charge is 0.356 e. The zero-order valence-corrected chi connectivity index (χ0v) is 16.9. The van der Waals surface area contributed by atoms with Crippen LogP contribution in [0.3, 0.4) is 0 Å². The lowest BCUT2D eigenvalue weighted by atomic mass is 10.1. The van der Waals surface area contributed by atoms with Gasteiger partial charge in [0.2, 0.25) is 0 Å². The van der Waals surface area contributed by atoms with Crippen molar-refractivity contribution in [3.05, 3.63) is 48.3 Å². The van der Waals surface area contributed by atoms with Crippen LogP contribution in [0.1, 0.15) is 26.3 Å². The first-order valence-electron chi connectivity index (χ1n) is 9.87. The molecule has 0 bridgehead atoms. The van der Waals surface area contributed by atoms with Crippen LogP contribution in [0.2, 0.25) is 0 Å². The summed E-state index contributed by atoms with van der Waals surface area (Å²) in [5.41, 5.74) is 2.29. The molecule has 0 saturated carbocycles. The summed E-state index contributed by atoms with van der Waals surface area (Å²) in [6.45, 7) is 9.88. The normalized spacial score (nSPS) is 21.0. The summed E-state index contributed by atoms with van der Waals surface area (Å²) in [4.78, 5) is 6.92. The molecule has 0 aliphatic carbocycles. The van der Waals surface area contributed by atoms with E-state index in [2.05, 4.69) is 64.7 Å². The van der Waals surface area contributed by atoms with E-state index in [-0.39, 0.29) is 0 Å². The number of nitrogens with zero attached hydrogens (tertiary/aromatic N) is 4. The van der Waals surface area contributed by atoms with Crippen molar-refractivity contribution in [1.82, 2.24) is 25.3 Å². The molecule has 2 heterocycles. The first kappa shape index (κ1) is 19.4. The summed E-state index contributed by atoms with van der Waals surface area (Å²) in [6.07, 6.45) is 4.93. The molecule has 27 heavy (non-hydrogen) atoms. The summed E-state index contributed by atoms with van der Waals surface area (Å²) in [5.74, 6) is 1.50. The minimum atomic E-state index is 0.444. The molecule has 1 aliphatic heterocycles. The van der Waals surface area contributed by atoms with E-state index >= 15 is 0 Å². The number of hydrogen-bond donors (Lipinski definition) is 2. The van der Waals surface area contributed by atoms with E-state index in [0.29, 0.717) is 18.0 Å². The van der Waals surface area contributed by atoms with Crippen LogP contribution in [0.15, 0.2) is 47.7 Å². The minimum absolute atomic E-state index is 0.444. The van der Waals surface area contributed by atoms with Crippen LogP contribution < -0.4 is 10.6 Å². The molecule has 1 aromatic carbocycles. The van der Waals surface area contributed by atoms with Gasteiger partial charge in [-0.1, -0.05) is 25.1 Å². The van der Waals surface area contributed by atoms with Crippen molar-refractivity contribution in [3.8, 4) is 5.69 Å². The number of hydrogen-bond acceptors (Lipinski definition) is 3. The fraction of sp³-hybridized carbons (Fsp3) is 0.524. The highest BCUT2D eigenvalue weighted by Gasteiger charge is 2.31. The molecule has 1 fully saturated rings. The fourth-order valence-electron chi connectivity index (χ4n) is 3.52. The lowest BCUT2D eigenvalue weighted by molar-refractivity contribution is 0.265. The molecule has 1 saturated heterocycles. The SMILES string of the molecule is CN=C(NCCc1cnn(-c2ccccc2)c1)NC1CN(C(C)C)CC1C. The van der Waals surface area contributed by atoms with Crippen LogP contribution in [0.25, 0.3) is 5.69 Å². The van der Waals surface area contributed by atoms with E-state index < -0.39 is 0 Å². The van der Waals surface area contributed by atoms with Crippen LogP contribution in [0.4, 0.5) is 0 Å².